The molecule has 1 aromatic heterocycles. The highest BCUT2D eigenvalue weighted by Gasteiger charge is 2.16. The first-order chi connectivity index (χ1) is 12.3. The monoisotopic (exact) mass is 349 g/mol. The number of dihydropyridines is 1. The lowest BCUT2D eigenvalue weighted by molar-refractivity contribution is 0.102. The molecule has 1 aliphatic rings. The number of benzene rings is 1. The van der Waals surface area contributed by atoms with Gasteiger partial charge in [0.15, 0.2) is 0 Å². The maximum absolute atomic E-state index is 12.6. The lowest BCUT2D eigenvalue weighted by Gasteiger charge is -2.19. The van der Waals surface area contributed by atoms with Crippen LogP contribution in [0, 0.1) is 0 Å². The van der Waals surface area contributed by atoms with E-state index in [1.807, 2.05) is 42.6 Å². The Morgan fingerprint density at radius 2 is 2.00 bits per heavy atom. The Labute approximate surface area is 152 Å². The van der Waals surface area contributed by atoms with Gasteiger partial charge in [-0.3, -0.25) is 9.59 Å². The van der Waals surface area contributed by atoms with Gasteiger partial charge in [-0.25, -0.2) is 0 Å². The minimum absolute atomic E-state index is 0.0219. The fourth-order valence-electron chi connectivity index (χ4n) is 2.75. The summed E-state index contributed by atoms with van der Waals surface area (Å²) >= 11 is 0. The first kappa shape index (κ1) is 17.7. The Morgan fingerprint density at radius 3 is 2.69 bits per heavy atom. The standard InChI is InChI=1S/C21H23N3O2/c1-21(2,3)16-5-4-6-17(12-16)24-20(26)18-11-15(13-23-19(18)25)14-7-9-22-10-8-14/h4-9,11-13,22H,10H2,1-3H3,(H,23,25)(H,24,26). The van der Waals surface area contributed by atoms with E-state index in [9.17, 15) is 9.59 Å². The number of rotatable bonds is 3. The molecule has 0 radical (unpaired) electrons. The van der Waals surface area contributed by atoms with Gasteiger partial charge >= 0.3 is 0 Å². The molecule has 5 heteroatoms. The lowest BCUT2D eigenvalue weighted by Crippen LogP contribution is -2.23. The van der Waals surface area contributed by atoms with Crippen molar-refractivity contribution in [1.29, 1.82) is 0 Å². The molecule has 26 heavy (non-hydrogen) atoms. The van der Waals surface area contributed by atoms with E-state index < -0.39 is 11.5 Å². The largest absolute Gasteiger partial charge is 0.387 e. The second kappa shape index (κ2) is 7.04. The van der Waals surface area contributed by atoms with Crippen molar-refractivity contribution in [3.63, 3.8) is 0 Å². The van der Waals surface area contributed by atoms with Crippen LogP contribution in [0.2, 0.25) is 0 Å². The van der Waals surface area contributed by atoms with Gasteiger partial charge in [0, 0.05) is 18.4 Å². The molecule has 0 spiro atoms. The molecule has 0 fully saturated rings. The molecule has 1 aromatic carbocycles. The molecule has 2 aromatic rings. The van der Waals surface area contributed by atoms with Crippen LogP contribution in [0.25, 0.3) is 5.57 Å². The second-order valence-electron chi connectivity index (χ2n) is 7.32. The molecule has 1 amide bonds. The second-order valence-corrected chi connectivity index (χ2v) is 7.32. The number of carbonyl (C=O) groups is 1. The highest BCUT2D eigenvalue weighted by Crippen LogP contribution is 2.25. The van der Waals surface area contributed by atoms with Gasteiger partial charge in [-0.1, -0.05) is 39.0 Å². The van der Waals surface area contributed by atoms with Crippen molar-refractivity contribution in [2.75, 3.05) is 11.9 Å². The summed E-state index contributed by atoms with van der Waals surface area (Å²) in [6.07, 6.45) is 7.38. The van der Waals surface area contributed by atoms with Gasteiger partial charge < -0.3 is 15.6 Å². The molecule has 0 bridgehead atoms. The zero-order valence-corrected chi connectivity index (χ0v) is 15.2. The van der Waals surface area contributed by atoms with E-state index in [1.54, 1.807) is 12.3 Å². The van der Waals surface area contributed by atoms with E-state index in [-0.39, 0.29) is 11.0 Å². The van der Waals surface area contributed by atoms with Crippen molar-refractivity contribution in [3.05, 3.63) is 81.9 Å². The summed E-state index contributed by atoms with van der Waals surface area (Å²) < 4.78 is 0. The summed E-state index contributed by atoms with van der Waals surface area (Å²) in [5.41, 5.74) is 3.22. The number of pyridine rings is 1. The van der Waals surface area contributed by atoms with Crippen LogP contribution < -0.4 is 16.2 Å². The number of hydrogen-bond acceptors (Lipinski definition) is 3. The molecule has 0 saturated heterocycles. The van der Waals surface area contributed by atoms with E-state index >= 15 is 0 Å². The number of amides is 1. The van der Waals surface area contributed by atoms with Crippen LogP contribution in [0.4, 0.5) is 5.69 Å². The summed E-state index contributed by atoms with van der Waals surface area (Å²) in [7, 11) is 0. The minimum atomic E-state index is -0.419. The molecule has 3 rings (SSSR count). The molecule has 0 unspecified atom stereocenters. The maximum Gasteiger partial charge on any atom is 0.261 e. The van der Waals surface area contributed by atoms with Crippen molar-refractivity contribution in [1.82, 2.24) is 10.3 Å². The van der Waals surface area contributed by atoms with Crippen molar-refractivity contribution in [2.45, 2.75) is 26.2 Å². The molecule has 0 saturated carbocycles. The number of aromatic amines is 1. The van der Waals surface area contributed by atoms with Crippen molar-refractivity contribution in [3.8, 4) is 0 Å². The fourth-order valence-corrected chi connectivity index (χ4v) is 2.75. The van der Waals surface area contributed by atoms with E-state index in [4.69, 9.17) is 0 Å². The first-order valence-corrected chi connectivity index (χ1v) is 8.60. The topological polar surface area (TPSA) is 74.0 Å². The van der Waals surface area contributed by atoms with Crippen LogP contribution in [-0.4, -0.2) is 17.4 Å². The van der Waals surface area contributed by atoms with Gasteiger partial charge in [0.1, 0.15) is 5.56 Å². The van der Waals surface area contributed by atoms with Gasteiger partial charge in [0.25, 0.3) is 11.5 Å². The summed E-state index contributed by atoms with van der Waals surface area (Å²) in [5, 5.41) is 5.91. The minimum Gasteiger partial charge on any atom is -0.387 e. The molecule has 1 aliphatic heterocycles. The molecule has 134 valence electrons. The third-order valence-electron chi connectivity index (χ3n) is 4.29. The summed E-state index contributed by atoms with van der Waals surface area (Å²) in [6.45, 7) is 7.05. The third kappa shape index (κ3) is 3.94. The summed E-state index contributed by atoms with van der Waals surface area (Å²) in [5.74, 6) is -0.419. The van der Waals surface area contributed by atoms with E-state index in [0.717, 1.165) is 16.7 Å². The Kier molecular flexibility index (Phi) is 4.80. The summed E-state index contributed by atoms with van der Waals surface area (Å²) in [4.78, 5) is 27.5. The number of anilines is 1. The van der Waals surface area contributed by atoms with Crippen LogP contribution in [0.1, 0.15) is 42.3 Å². The zero-order chi connectivity index (χ0) is 18.7. The van der Waals surface area contributed by atoms with Gasteiger partial charge in [-0.2, -0.15) is 0 Å². The lowest BCUT2D eigenvalue weighted by atomic mass is 9.87. The molecule has 0 aliphatic carbocycles. The number of carbonyl (C=O) groups excluding carboxylic acids is 1. The van der Waals surface area contributed by atoms with Gasteiger partial charge in [-0.15, -0.1) is 0 Å². The molecule has 0 atom stereocenters. The quantitative estimate of drug-likeness (QED) is 0.795. The Hall–Kier alpha value is -3.08. The number of nitrogens with one attached hydrogen (secondary N) is 3. The smallest absolute Gasteiger partial charge is 0.261 e. The number of H-pyrrole nitrogens is 1. The van der Waals surface area contributed by atoms with E-state index in [2.05, 4.69) is 36.4 Å². The molecule has 2 heterocycles. The van der Waals surface area contributed by atoms with E-state index in [1.165, 1.54) is 0 Å². The average molecular weight is 349 g/mol. The average Bonchev–Trinajstić information content (AvgIpc) is 2.62. The Balaban J connectivity index is 1.87. The van der Waals surface area contributed by atoms with E-state index in [0.29, 0.717) is 12.2 Å². The fraction of sp³-hybridized carbons (Fsp3) is 0.238. The van der Waals surface area contributed by atoms with Crippen molar-refractivity contribution < 1.29 is 4.79 Å². The maximum atomic E-state index is 12.6. The van der Waals surface area contributed by atoms with Crippen molar-refractivity contribution >= 4 is 17.2 Å². The van der Waals surface area contributed by atoms with Crippen molar-refractivity contribution in [2.24, 2.45) is 0 Å². The van der Waals surface area contributed by atoms with Crippen LogP contribution >= 0.6 is 0 Å². The molecule has 5 nitrogen and oxygen atoms in total. The Morgan fingerprint density at radius 1 is 1.19 bits per heavy atom. The van der Waals surface area contributed by atoms with Crippen LogP contribution in [0.15, 0.2) is 59.7 Å². The normalized spacial score (nSPS) is 13.7. The third-order valence-corrected chi connectivity index (χ3v) is 4.29. The molecular weight excluding hydrogens is 326 g/mol. The van der Waals surface area contributed by atoms with Crippen LogP contribution in [0.5, 0.6) is 0 Å². The highest BCUT2D eigenvalue weighted by molar-refractivity contribution is 6.04. The Bertz CT molecular complexity index is 946. The van der Waals surface area contributed by atoms with Crippen LogP contribution in [0.3, 0.4) is 0 Å². The summed E-state index contributed by atoms with van der Waals surface area (Å²) in [6, 6.07) is 9.32. The SMILES string of the molecule is CC(C)(C)c1cccc(NC(=O)c2cc(C3=CCNC=C3)c[nH]c2=O)c1. The van der Waals surface area contributed by atoms with Gasteiger partial charge in [-0.05, 0) is 52.6 Å². The predicted molar refractivity (Wildman–Crippen MR) is 105 cm³/mol. The van der Waals surface area contributed by atoms with Crippen LogP contribution in [-0.2, 0) is 5.41 Å². The van der Waals surface area contributed by atoms with Gasteiger partial charge in [0.2, 0.25) is 0 Å². The number of hydrogen-bond donors (Lipinski definition) is 3. The van der Waals surface area contributed by atoms with Gasteiger partial charge in [0.05, 0.1) is 0 Å². The molecular formula is C21H23N3O2. The zero-order valence-electron chi connectivity index (χ0n) is 15.2. The first-order valence-electron chi connectivity index (χ1n) is 8.60. The molecule has 3 N–H and O–H groups in total. The highest BCUT2D eigenvalue weighted by atomic mass is 16.2. The predicted octanol–water partition coefficient (Wildman–Crippen LogP) is 3.43. The number of allylic oxidation sites excluding steroid dienone is 2. The number of aromatic nitrogens is 1.